The molecule has 2 N–H and O–H groups in total. The van der Waals surface area contributed by atoms with E-state index >= 15 is 0 Å². The maximum Gasteiger partial charge on any atom is 0.238 e. The lowest BCUT2D eigenvalue weighted by molar-refractivity contribution is 0.597. The van der Waals surface area contributed by atoms with Crippen molar-refractivity contribution in [3.63, 3.8) is 0 Å². The quantitative estimate of drug-likeness (QED) is 0.665. The van der Waals surface area contributed by atoms with E-state index in [1.54, 1.807) is 12.1 Å². The topological polar surface area (TPSA) is 60.2 Å². The lowest BCUT2D eigenvalue weighted by atomic mass is 10.2. The molecule has 0 aromatic heterocycles. The summed E-state index contributed by atoms with van der Waals surface area (Å²) in [6.07, 6.45) is 0. The minimum Gasteiger partial charge on any atom is -0.225 e. The van der Waals surface area contributed by atoms with E-state index in [1.807, 2.05) is 6.92 Å². The van der Waals surface area contributed by atoms with Gasteiger partial charge in [0, 0.05) is 6.07 Å². The monoisotopic (exact) mass is 170 g/mol. The Hall–Kier alpha value is -0.870. The number of nitrogens with two attached hydrogens (primary N) is 1. The van der Waals surface area contributed by atoms with E-state index in [4.69, 9.17) is 5.14 Å². The van der Waals surface area contributed by atoms with Gasteiger partial charge in [0.25, 0.3) is 0 Å². The van der Waals surface area contributed by atoms with Gasteiger partial charge in [-0.3, -0.25) is 0 Å². The summed E-state index contributed by atoms with van der Waals surface area (Å²) in [5, 5.41) is 4.85. The number of rotatable bonds is 1. The van der Waals surface area contributed by atoms with Crippen molar-refractivity contribution in [2.24, 2.45) is 5.14 Å². The molecule has 0 amide bonds. The Morgan fingerprint density at radius 1 is 1.45 bits per heavy atom. The summed E-state index contributed by atoms with van der Waals surface area (Å²) < 4.78 is 21.4. The van der Waals surface area contributed by atoms with Crippen LogP contribution in [-0.2, 0) is 10.0 Å². The zero-order valence-corrected chi connectivity index (χ0v) is 6.85. The maximum absolute atomic E-state index is 10.7. The average molecular weight is 170 g/mol. The molecule has 1 aromatic rings. The number of sulfonamides is 1. The summed E-state index contributed by atoms with van der Waals surface area (Å²) in [4.78, 5) is 0.0306. The summed E-state index contributed by atoms with van der Waals surface area (Å²) in [5.41, 5.74) is 0.956. The molecule has 0 atom stereocenters. The van der Waals surface area contributed by atoms with Gasteiger partial charge in [-0.05, 0) is 13.0 Å². The van der Waals surface area contributed by atoms with Gasteiger partial charge >= 0.3 is 0 Å². The number of aryl methyl sites for hydroxylation is 1. The number of benzene rings is 1. The molecule has 1 radical (unpaired) electrons. The van der Waals surface area contributed by atoms with Crippen molar-refractivity contribution < 1.29 is 8.42 Å². The van der Waals surface area contributed by atoms with Gasteiger partial charge in [0.15, 0.2) is 0 Å². The van der Waals surface area contributed by atoms with Crippen LogP contribution in [0.1, 0.15) is 5.56 Å². The van der Waals surface area contributed by atoms with E-state index < -0.39 is 10.0 Å². The molecule has 11 heavy (non-hydrogen) atoms. The van der Waals surface area contributed by atoms with Crippen molar-refractivity contribution in [2.75, 3.05) is 0 Å². The summed E-state index contributed by atoms with van der Waals surface area (Å²) in [6, 6.07) is 7.26. The third kappa shape index (κ3) is 2.03. The van der Waals surface area contributed by atoms with Gasteiger partial charge in [0.2, 0.25) is 10.0 Å². The molecule has 0 bridgehead atoms. The fourth-order valence-electron chi connectivity index (χ4n) is 0.665. The minimum absolute atomic E-state index is 0.0306. The predicted octanol–water partition coefficient (Wildman–Crippen LogP) is 0.443. The Morgan fingerprint density at radius 3 is 2.45 bits per heavy atom. The van der Waals surface area contributed by atoms with E-state index in [-0.39, 0.29) is 4.90 Å². The van der Waals surface area contributed by atoms with Crippen LogP contribution in [0.2, 0.25) is 0 Å². The number of hydrogen-bond acceptors (Lipinski definition) is 2. The third-order valence-corrected chi connectivity index (χ3v) is 2.11. The lowest BCUT2D eigenvalue weighted by Crippen LogP contribution is -2.11. The Kier molecular flexibility index (Phi) is 1.97. The second-order valence-electron chi connectivity index (χ2n) is 2.28. The van der Waals surface area contributed by atoms with Gasteiger partial charge in [-0.15, -0.1) is 0 Å². The largest absolute Gasteiger partial charge is 0.238 e. The van der Waals surface area contributed by atoms with E-state index in [1.165, 1.54) is 6.07 Å². The Balaban J connectivity index is 3.20. The van der Waals surface area contributed by atoms with Crippen LogP contribution in [0, 0.1) is 13.0 Å². The molecule has 4 heteroatoms. The number of hydrogen-bond donors (Lipinski definition) is 1. The van der Waals surface area contributed by atoms with E-state index in [0.717, 1.165) is 5.56 Å². The first-order valence-corrected chi connectivity index (χ1v) is 4.56. The first-order valence-electron chi connectivity index (χ1n) is 3.01. The molecule has 0 unspecified atom stereocenters. The molecule has 0 saturated carbocycles. The van der Waals surface area contributed by atoms with E-state index in [0.29, 0.717) is 0 Å². The van der Waals surface area contributed by atoms with E-state index in [9.17, 15) is 8.42 Å². The van der Waals surface area contributed by atoms with Crippen LogP contribution in [0.5, 0.6) is 0 Å². The Morgan fingerprint density at radius 2 is 2.09 bits per heavy atom. The van der Waals surface area contributed by atoms with Crippen molar-refractivity contribution in [3.8, 4) is 0 Å². The van der Waals surface area contributed by atoms with Crippen LogP contribution in [0.3, 0.4) is 0 Å². The second kappa shape index (κ2) is 2.64. The van der Waals surface area contributed by atoms with Gasteiger partial charge < -0.3 is 0 Å². The normalized spacial score (nSPS) is 11.5. The summed E-state index contributed by atoms with van der Waals surface area (Å²) in [7, 11) is -3.58. The predicted molar refractivity (Wildman–Crippen MR) is 41.4 cm³/mol. The summed E-state index contributed by atoms with van der Waals surface area (Å²) >= 11 is 0. The van der Waals surface area contributed by atoms with Gasteiger partial charge in [-0.2, -0.15) is 0 Å². The summed E-state index contributed by atoms with van der Waals surface area (Å²) in [5.74, 6) is 0. The zero-order chi connectivity index (χ0) is 8.48. The molecule has 0 spiro atoms. The van der Waals surface area contributed by atoms with Crippen LogP contribution in [-0.4, -0.2) is 8.42 Å². The van der Waals surface area contributed by atoms with Gasteiger partial charge in [0.05, 0.1) is 4.90 Å². The fourth-order valence-corrected chi connectivity index (χ4v) is 1.15. The molecule has 0 aliphatic carbocycles. The van der Waals surface area contributed by atoms with Crippen molar-refractivity contribution >= 4 is 10.0 Å². The molecule has 3 nitrogen and oxygen atoms in total. The first-order chi connectivity index (χ1) is 5.00. The molecule has 0 aliphatic rings. The molecular formula is C7H8NO2S. The highest BCUT2D eigenvalue weighted by atomic mass is 32.2. The maximum atomic E-state index is 10.7. The van der Waals surface area contributed by atoms with Crippen LogP contribution >= 0.6 is 0 Å². The van der Waals surface area contributed by atoms with Crippen molar-refractivity contribution in [1.29, 1.82) is 0 Å². The zero-order valence-electron chi connectivity index (χ0n) is 6.03. The van der Waals surface area contributed by atoms with E-state index in [2.05, 4.69) is 6.07 Å². The van der Waals surface area contributed by atoms with Crippen molar-refractivity contribution in [3.05, 3.63) is 29.8 Å². The van der Waals surface area contributed by atoms with Crippen LogP contribution < -0.4 is 5.14 Å². The molecule has 59 valence electrons. The fraction of sp³-hybridized carbons (Fsp3) is 0.143. The van der Waals surface area contributed by atoms with Gasteiger partial charge in [-0.25, -0.2) is 13.6 Å². The standard InChI is InChI=1S/C7H8NO2S/c1-6-2-4-7(5-3-6)11(8,9)10/h2-4H,1H3,(H2,8,9,10). The SMILES string of the molecule is Cc1c[c]c(S(N)(=O)=O)cc1. The highest BCUT2D eigenvalue weighted by Gasteiger charge is 2.05. The molecular weight excluding hydrogens is 162 g/mol. The van der Waals surface area contributed by atoms with Crippen LogP contribution in [0.15, 0.2) is 23.1 Å². The lowest BCUT2D eigenvalue weighted by Gasteiger charge is -1.95. The molecule has 0 saturated heterocycles. The highest BCUT2D eigenvalue weighted by Crippen LogP contribution is 2.05. The first kappa shape index (κ1) is 8.23. The van der Waals surface area contributed by atoms with Gasteiger partial charge in [-0.1, -0.05) is 17.7 Å². The highest BCUT2D eigenvalue weighted by molar-refractivity contribution is 7.89. The molecule has 1 aromatic carbocycles. The molecule has 0 fully saturated rings. The van der Waals surface area contributed by atoms with Crippen LogP contribution in [0.25, 0.3) is 0 Å². The Bertz CT molecular complexity index is 339. The molecule has 0 aliphatic heterocycles. The third-order valence-electron chi connectivity index (χ3n) is 1.25. The second-order valence-corrected chi connectivity index (χ2v) is 3.81. The Labute approximate surface area is 65.9 Å². The minimum atomic E-state index is -3.58. The molecule has 0 heterocycles. The molecule has 1 rings (SSSR count). The average Bonchev–Trinajstić information content (AvgIpc) is 1.86. The van der Waals surface area contributed by atoms with Crippen molar-refractivity contribution in [2.45, 2.75) is 11.8 Å². The van der Waals surface area contributed by atoms with Crippen LogP contribution in [0.4, 0.5) is 0 Å². The van der Waals surface area contributed by atoms with Gasteiger partial charge in [0.1, 0.15) is 0 Å². The van der Waals surface area contributed by atoms with Crippen molar-refractivity contribution in [1.82, 2.24) is 0 Å². The number of primary sulfonamides is 1. The smallest absolute Gasteiger partial charge is 0.225 e. The summed E-state index contributed by atoms with van der Waals surface area (Å²) in [6.45, 7) is 1.85.